The minimum Gasteiger partial charge on any atom is -0.497 e. The fourth-order valence-electron chi connectivity index (χ4n) is 3.26. The lowest BCUT2D eigenvalue weighted by Gasteiger charge is -2.31. The number of carbonyl (C=O) groups is 2. The molecule has 0 bridgehead atoms. The summed E-state index contributed by atoms with van der Waals surface area (Å²) in [7, 11) is 1.61. The number of thioether (sulfide) groups is 1. The molecule has 174 valence electrons. The molecule has 0 fully saturated rings. The van der Waals surface area contributed by atoms with Gasteiger partial charge in [0.05, 0.1) is 12.9 Å². The van der Waals surface area contributed by atoms with Crippen molar-refractivity contribution in [3.8, 4) is 5.75 Å². The number of nitrogens with one attached hydrogen (secondary N) is 1. The van der Waals surface area contributed by atoms with Gasteiger partial charge in [-0.25, -0.2) is 0 Å². The van der Waals surface area contributed by atoms with Crippen molar-refractivity contribution in [2.75, 3.05) is 19.4 Å². The Bertz CT molecular complexity index is 891. The van der Waals surface area contributed by atoms with E-state index in [2.05, 4.69) is 5.32 Å². The van der Waals surface area contributed by atoms with Crippen LogP contribution in [0.25, 0.3) is 0 Å². The number of nitrogens with zero attached hydrogens (tertiary/aromatic N) is 1. The monoisotopic (exact) mass is 476 g/mol. The standard InChI is InChI=1S/C25H33ClN2O3S/c1-5-23(25(30)27-14-18(2)3)28(15-19-9-8-11-21(13-19)31-4)24(29)17-32-16-20-10-6-7-12-22(20)26/h6-13,18,23H,5,14-17H2,1-4H3,(H,27,30). The van der Waals surface area contributed by atoms with Gasteiger partial charge in [0.25, 0.3) is 0 Å². The van der Waals surface area contributed by atoms with Crippen molar-refractivity contribution in [2.24, 2.45) is 5.92 Å². The average Bonchev–Trinajstić information content (AvgIpc) is 2.78. The largest absolute Gasteiger partial charge is 0.497 e. The third-order valence-electron chi connectivity index (χ3n) is 5.00. The van der Waals surface area contributed by atoms with E-state index in [9.17, 15) is 9.59 Å². The van der Waals surface area contributed by atoms with Gasteiger partial charge < -0.3 is 15.0 Å². The molecule has 0 heterocycles. The number of amides is 2. The molecule has 2 amide bonds. The molecular formula is C25H33ClN2O3S. The Balaban J connectivity index is 2.16. The van der Waals surface area contributed by atoms with Crippen molar-refractivity contribution in [1.82, 2.24) is 10.2 Å². The first-order valence-electron chi connectivity index (χ1n) is 10.9. The molecule has 0 spiro atoms. The Labute approximate surface area is 200 Å². The molecule has 1 unspecified atom stereocenters. The third-order valence-corrected chi connectivity index (χ3v) is 6.33. The highest BCUT2D eigenvalue weighted by Gasteiger charge is 2.28. The molecular weight excluding hydrogens is 444 g/mol. The summed E-state index contributed by atoms with van der Waals surface area (Å²) in [6.07, 6.45) is 0.537. The Morgan fingerprint density at radius 1 is 1.16 bits per heavy atom. The fourth-order valence-corrected chi connectivity index (χ4v) is 4.45. The smallest absolute Gasteiger partial charge is 0.242 e. The Morgan fingerprint density at radius 2 is 1.91 bits per heavy atom. The van der Waals surface area contributed by atoms with Crippen LogP contribution >= 0.6 is 23.4 Å². The van der Waals surface area contributed by atoms with E-state index in [0.717, 1.165) is 16.9 Å². The summed E-state index contributed by atoms with van der Waals surface area (Å²) in [5.74, 6) is 1.77. The van der Waals surface area contributed by atoms with Gasteiger partial charge in [0, 0.05) is 23.9 Å². The van der Waals surface area contributed by atoms with E-state index in [1.165, 1.54) is 11.8 Å². The molecule has 5 nitrogen and oxygen atoms in total. The van der Waals surface area contributed by atoms with Crippen molar-refractivity contribution in [1.29, 1.82) is 0 Å². The van der Waals surface area contributed by atoms with Gasteiger partial charge in [0.2, 0.25) is 11.8 Å². The van der Waals surface area contributed by atoms with Crippen LogP contribution < -0.4 is 10.1 Å². The predicted molar refractivity (Wildman–Crippen MR) is 133 cm³/mol. The summed E-state index contributed by atoms with van der Waals surface area (Å²) in [6, 6.07) is 14.7. The highest BCUT2D eigenvalue weighted by Crippen LogP contribution is 2.22. The maximum Gasteiger partial charge on any atom is 0.242 e. The highest BCUT2D eigenvalue weighted by molar-refractivity contribution is 7.99. The van der Waals surface area contributed by atoms with Crippen LogP contribution in [0.3, 0.4) is 0 Å². The van der Waals surface area contributed by atoms with Crippen LogP contribution in [0, 0.1) is 5.92 Å². The van der Waals surface area contributed by atoms with Crippen LogP contribution in [0.2, 0.25) is 5.02 Å². The van der Waals surface area contributed by atoms with E-state index >= 15 is 0 Å². The molecule has 2 aromatic carbocycles. The van der Waals surface area contributed by atoms with E-state index in [4.69, 9.17) is 16.3 Å². The molecule has 0 saturated heterocycles. The predicted octanol–water partition coefficient (Wildman–Crippen LogP) is 5.16. The first kappa shape index (κ1) is 26.1. The molecule has 2 aromatic rings. The van der Waals surface area contributed by atoms with Crippen LogP contribution in [0.4, 0.5) is 0 Å². The normalized spacial score (nSPS) is 11.8. The zero-order chi connectivity index (χ0) is 23.5. The van der Waals surface area contributed by atoms with E-state index in [-0.39, 0.29) is 17.6 Å². The highest BCUT2D eigenvalue weighted by atomic mass is 35.5. The second-order valence-electron chi connectivity index (χ2n) is 8.02. The Morgan fingerprint density at radius 3 is 2.56 bits per heavy atom. The van der Waals surface area contributed by atoms with Gasteiger partial charge in [-0.05, 0) is 41.7 Å². The summed E-state index contributed by atoms with van der Waals surface area (Å²) in [6.45, 7) is 6.95. The molecule has 0 aromatic heterocycles. The van der Waals surface area contributed by atoms with Gasteiger partial charge in [0.15, 0.2) is 0 Å². The molecule has 7 heteroatoms. The number of halogens is 1. The summed E-state index contributed by atoms with van der Waals surface area (Å²) in [5, 5.41) is 3.68. The summed E-state index contributed by atoms with van der Waals surface area (Å²) < 4.78 is 5.32. The number of hydrogen-bond donors (Lipinski definition) is 1. The number of methoxy groups -OCH3 is 1. The Kier molecular flexibility index (Phi) is 10.9. The van der Waals surface area contributed by atoms with E-state index < -0.39 is 6.04 Å². The van der Waals surface area contributed by atoms with Gasteiger partial charge in [0.1, 0.15) is 11.8 Å². The van der Waals surface area contributed by atoms with Crippen LogP contribution in [-0.4, -0.2) is 42.2 Å². The number of rotatable bonds is 12. The minimum atomic E-state index is -0.534. The number of hydrogen-bond acceptors (Lipinski definition) is 4. The molecule has 0 aliphatic carbocycles. The summed E-state index contributed by atoms with van der Waals surface area (Å²) in [5.41, 5.74) is 1.91. The summed E-state index contributed by atoms with van der Waals surface area (Å²) >= 11 is 7.74. The first-order valence-corrected chi connectivity index (χ1v) is 12.4. The minimum absolute atomic E-state index is 0.0728. The number of ether oxygens (including phenoxy) is 1. The van der Waals surface area contributed by atoms with Gasteiger partial charge in [-0.3, -0.25) is 9.59 Å². The average molecular weight is 477 g/mol. The maximum absolute atomic E-state index is 13.3. The van der Waals surface area contributed by atoms with Crippen molar-refractivity contribution in [3.05, 3.63) is 64.7 Å². The zero-order valence-corrected chi connectivity index (χ0v) is 20.8. The van der Waals surface area contributed by atoms with Gasteiger partial charge in [-0.1, -0.05) is 62.7 Å². The van der Waals surface area contributed by atoms with Crippen LogP contribution in [0.1, 0.15) is 38.3 Å². The molecule has 0 radical (unpaired) electrons. The molecule has 32 heavy (non-hydrogen) atoms. The molecule has 1 N–H and O–H groups in total. The van der Waals surface area contributed by atoms with E-state index in [1.807, 2.05) is 69.3 Å². The van der Waals surface area contributed by atoms with Gasteiger partial charge >= 0.3 is 0 Å². The SMILES string of the molecule is CCC(C(=O)NCC(C)C)N(Cc1cccc(OC)c1)C(=O)CSCc1ccccc1Cl. The van der Waals surface area contributed by atoms with Crippen molar-refractivity contribution in [3.63, 3.8) is 0 Å². The molecule has 0 aliphatic heterocycles. The lowest BCUT2D eigenvalue weighted by Crippen LogP contribution is -2.50. The lowest BCUT2D eigenvalue weighted by molar-refractivity contribution is -0.139. The number of carbonyl (C=O) groups excluding carboxylic acids is 2. The van der Waals surface area contributed by atoms with Crippen LogP contribution in [-0.2, 0) is 21.9 Å². The van der Waals surface area contributed by atoms with Crippen molar-refractivity contribution >= 4 is 35.2 Å². The van der Waals surface area contributed by atoms with Gasteiger partial charge in [-0.2, -0.15) is 0 Å². The molecule has 2 rings (SSSR count). The second kappa shape index (κ2) is 13.4. The topological polar surface area (TPSA) is 58.6 Å². The van der Waals surface area contributed by atoms with Crippen molar-refractivity contribution in [2.45, 2.75) is 45.5 Å². The first-order chi connectivity index (χ1) is 15.3. The molecule has 0 aliphatic rings. The zero-order valence-electron chi connectivity index (χ0n) is 19.3. The second-order valence-corrected chi connectivity index (χ2v) is 9.41. The lowest BCUT2D eigenvalue weighted by atomic mass is 10.1. The maximum atomic E-state index is 13.3. The van der Waals surface area contributed by atoms with Crippen LogP contribution in [0.15, 0.2) is 48.5 Å². The summed E-state index contributed by atoms with van der Waals surface area (Å²) in [4.78, 5) is 27.9. The van der Waals surface area contributed by atoms with Gasteiger partial charge in [-0.15, -0.1) is 11.8 Å². The third kappa shape index (κ3) is 8.06. The van der Waals surface area contributed by atoms with Crippen LogP contribution in [0.5, 0.6) is 5.75 Å². The quantitative estimate of drug-likeness (QED) is 0.459. The van der Waals surface area contributed by atoms with E-state index in [0.29, 0.717) is 36.2 Å². The Hall–Kier alpha value is -2.18. The van der Waals surface area contributed by atoms with Crippen molar-refractivity contribution < 1.29 is 14.3 Å². The number of benzene rings is 2. The molecule has 1 atom stereocenters. The molecule has 0 saturated carbocycles. The van der Waals surface area contributed by atoms with E-state index in [1.54, 1.807) is 12.0 Å². The fraction of sp³-hybridized carbons (Fsp3) is 0.440.